The van der Waals surface area contributed by atoms with Gasteiger partial charge in [0.2, 0.25) is 5.89 Å². The van der Waals surface area contributed by atoms with E-state index in [0.29, 0.717) is 11.5 Å². The third-order valence-corrected chi connectivity index (χ3v) is 6.56. The summed E-state index contributed by atoms with van der Waals surface area (Å²) in [7, 11) is 0. The number of rotatable bonds is 6. The van der Waals surface area contributed by atoms with E-state index in [1.807, 2.05) is 51.1 Å². The first-order chi connectivity index (χ1) is 15.4. The molecule has 162 valence electrons. The van der Waals surface area contributed by atoms with E-state index in [1.165, 1.54) is 10.5 Å². The van der Waals surface area contributed by atoms with Crippen molar-refractivity contribution in [2.24, 2.45) is 0 Å². The molecule has 1 amide bonds. The van der Waals surface area contributed by atoms with E-state index < -0.39 is 0 Å². The Bertz CT molecular complexity index is 1240. The van der Waals surface area contributed by atoms with Gasteiger partial charge in [-0.25, -0.2) is 4.98 Å². The Morgan fingerprint density at radius 1 is 0.938 bits per heavy atom. The van der Waals surface area contributed by atoms with Gasteiger partial charge in [0.15, 0.2) is 0 Å². The standard InChI is InChI=1S/C27H26N2O2S/c1-17-8-14-23(15-9-17)32-16-25-20(4)31-27(29-25)22-12-10-21(11-13-22)26(30)28-24-7-5-6-18(2)19(24)3/h5-15H,16H2,1-4H3,(H,28,30). The molecule has 0 aliphatic heterocycles. The van der Waals surface area contributed by atoms with Gasteiger partial charge in [-0.15, -0.1) is 11.8 Å². The van der Waals surface area contributed by atoms with Crippen LogP contribution in [0.3, 0.4) is 0 Å². The average molecular weight is 443 g/mol. The van der Waals surface area contributed by atoms with E-state index in [2.05, 4.69) is 41.5 Å². The number of benzene rings is 3. The molecular weight excluding hydrogens is 416 g/mol. The lowest BCUT2D eigenvalue weighted by atomic mass is 10.1. The minimum Gasteiger partial charge on any atom is -0.441 e. The molecule has 0 aliphatic rings. The molecule has 4 aromatic rings. The van der Waals surface area contributed by atoms with Gasteiger partial charge >= 0.3 is 0 Å². The van der Waals surface area contributed by atoms with Gasteiger partial charge in [-0.2, -0.15) is 0 Å². The van der Waals surface area contributed by atoms with E-state index in [-0.39, 0.29) is 5.91 Å². The average Bonchev–Trinajstić information content (AvgIpc) is 3.17. The summed E-state index contributed by atoms with van der Waals surface area (Å²) < 4.78 is 5.91. The Morgan fingerprint density at radius 2 is 1.66 bits per heavy atom. The van der Waals surface area contributed by atoms with Gasteiger partial charge in [0.25, 0.3) is 5.91 Å². The second-order valence-corrected chi connectivity index (χ2v) is 8.95. The second kappa shape index (κ2) is 9.45. The summed E-state index contributed by atoms with van der Waals surface area (Å²) in [5, 5.41) is 2.99. The van der Waals surface area contributed by atoms with Gasteiger partial charge in [-0.1, -0.05) is 29.8 Å². The third-order valence-electron chi connectivity index (χ3n) is 5.54. The molecule has 5 heteroatoms. The van der Waals surface area contributed by atoms with E-state index in [9.17, 15) is 4.79 Å². The number of aryl methyl sites for hydroxylation is 3. The summed E-state index contributed by atoms with van der Waals surface area (Å²) in [6.45, 7) is 8.06. The van der Waals surface area contributed by atoms with Crippen LogP contribution in [0.2, 0.25) is 0 Å². The number of carbonyl (C=O) groups is 1. The maximum atomic E-state index is 12.7. The Hall–Kier alpha value is -3.31. The maximum Gasteiger partial charge on any atom is 0.255 e. The third kappa shape index (κ3) is 4.94. The molecule has 0 fully saturated rings. The fourth-order valence-corrected chi connectivity index (χ4v) is 4.22. The predicted octanol–water partition coefficient (Wildman–Crippen LogP) is 7.12. The van der Waals surface area contributed by atoms with Gasteiger partial charge in [0.05, 0.1) is 5.69 Å². The molecular formula is C27H26N2O2S. The van der Waals surface area contributed by atoms with Crippen LogP contribution < -0.4 is 5.32 Å². The first kappa shape index (κ1) is 21.9. The molecule has 4 rings (SSSR count). The fourth-order valence-electron chi connectivity index (χ4n) is 3.32. The van der Waals surface area contributed by atoms with Crippen molar-refractivity contribution in [3.8, 4) is 11.5 Å². The van der Waals surface area contributed by atoms with Gasteiger partial charge in [-0.05, 0) is 81.3 Å². The smallest absolute Gasteiger partial charge is 0.255 e. The fraction of sp³-hybridized carbons (Fsp3) is 0.185. The first-order valence-corrected chi connectivity index (χ1v) is 11.5. The highest BCUT2D eigenvalue weighted by Crippen LogP contribution is 2.28. The zero-order valence-electron chi connectivity index (χ0n) is 18.7. The highest BCUT2D eigenvalue weighted by molar-refractivity contribution is 7.98. The van der Waals surface area contributed by atoms with Gasteiger partial charge in [0.1, 0.15) is 5.76 Å². The monoisotopic (exact) mass is 442 g/mol. The lowest BCUT2D eigenvalue weighted by molar-refractivity contribution is 0.102. The number of hydrogen-bond acceptors (Lipinski definition) is 4. The van der Waals surface area contributed by atoms with Crippen LogP contribution in [0, 0.1) is 27.7 Å². The van der Waals surface area contributed by atoms with Crippen molar-refractivity contribution in [3.63, 3.8) is 0 Å². The van der Waals surface area contributed by atoms with Crippen LogP contribution in [0.25, 0.3) is 11.5 Å². The molecule has 0 unspecified atom stereocenters. The number of oxazole rings is 1. The number of nitrogens with zero attached hydrogens (tertiary/aromatic N) is 1. The maximum absolute atomic E-state index is 12.7. The second-order valence-electron chi connectivity index (χ2n) is 7.90. The lowest BCUT2D eigenvalue weighted by Gasteiger charge is -2.10. The van der Waals surface area contributed by atoms with Crippen molar-refractivity contribution < 1.29 is 9.21 Å². The molecule has 0 bridgehead atoms. The van der Waals surface area contributed by atoms with Crippen LogP contribution >= 0.6 is 11.8 Å². The van der Waals surface area contributed by atoms with E-state index in [0.717, 1.165) is 39.6 Å². The van der Waals surface area contributed by atoms with Gasteiger partial charge in [0, 0.05) is 27.5 Å². The molecule has 0 radical (unpaired) electrons. The highest BCUT2D eigenvalue weighted by atomic mass is 32.2. The van der Waals surface area contributed by atoms with Crippen molar-refractivity contribution in [2.45, 2.75) is 38.3 Å². The number of nitrogens with one attached hydrogen (secondary N) is 1. The van der Waals surface area contributed by atoms with E-state index in [1.54, 1.807) is 23.9 Å². The van der Waals surface area contributed by atoms with Crippen LogP contribution in [0.1, 0.15) is 38.5 Å². The van der Waals surface area contributed by atoms with Gasteiger partial charge < -0.3 is 9.73 Å². The van der Waals surface area contributed by atoms with E-state index in [4.69, 9.17) is 4.42 Å². The zero-order chi connectivity index (χ0) is 22.7. The minimum atomic E-state index is -0.135. The van der Waals surface area contributed by atoms with Crippen molar-refractivity contribution in [3.05, 3.63) is 100 Å². The summed E-state index contributed by atoms with van der Waals surface area (Å²) >= 11 is 1.74. The largest absolute Gasteiger partial charge is 0.441 e. The van der Waals surface area contributed by atoms with Crippen molar-refractivity contribution in [1.29, 1.82) is 0 Å². The molecule has 0 aliphatic carbocycles. The Morgan fingerprint density at radius 3 is 2.38 bits per heavy atom. The van der Waals surface area contributed by atoms with Crippen LogP contribution in [0.15, 0.2) is 76.0 Å². The van der Waals surface area contributed by atoms with E-state index >= 15 is 0 Å². The highest BCUT2D eigenvalue weighted by Gasteiger charge is 2.14. The van der Waals surface area contributed by atoms with Crippen molar-refractivity contribution in [1.82, 2.24) is 4.98 Å². The summed E-state index contributed by atoms with van der Waals surface area (Å²) in [5.41, 5.74) is 6.68. The number of anilines is 1. The molecule has 0 saturated carbocycles. The van der Waals surface area contributed by atoms with Crippen LogP contribution in [-0.4, -0.2) is 10.9 Å². The zero-order valence-corrected chi connectivity index (χ0v) is 19.5. The Balaban J connectivity index is 1.44. The Labute approximate surface area is 193 Å². The molecule has 1 aromatic heterocycles. The summed E-state index contributed by atoms with van der Waals surface area (Å²) in [4.78, 5) is 18.6. The quantitative estimate of drug-likeness (QED) is 0.323. The normalized spacial score (nSPS) is 10.9. The lowest BCUT2D eigenvalue weighted by Crippen LogP contribution is -2.12. The van der Waals surface area contributed by atoms with Crippen molar-refractivity contribution >= 4 is 23.4 Å². The number of amides is 1. The molecule has 4 nitrogen and oxygen atoms in total. The Kier molecular flexibility index (Phi) is 6.47. The number of carbonyl (C=O) groups excluding carboxylic acids is 1. The molecule has 0 spiro atoms. The minimum absolute atomic E-state index is 0.135. The van der Waals surface area contributed by atoms with Crippen molar-refractivity contribution in [2.75, 3.05) is 5.32 Å². The van der Waals surface area contributed by atoms with Crippen LogP contribution in [0.4, 0.5) is 5.69 Å². The topological polar surface area (TPSA) is 55.1 Å². The molecule has 1 N–H and O–H groups in total. The van der Waals surface area contributed by atoms with Crippen LogP contribution in [-0.2, 0) is 5.75 Å². The number of hydrogen-bond donors (Lipinski definition) is 1. The molecule has 1 heterocycles. The molecule has 0 atom stereocenters. The molecule has 3 aromatic carbocycles. The first-order valence-electron chi connectivity index (χ1n) is 10.5. The SMILES string of the molecule is Cc1ccc(SCc2nc(-c3ccc(C(=O)Nc4cccc(C)c4C)cc3)oc2C)cc1. The summed E-state index contributed by atoms with van der Waals surface area (Å²) in [5.74, 6) is 2.00. The predicted molar refractivity (Wildman–Crippen MR) is 131 cm³/mol. The van der Waals surface area contributed by atoms with Crippen LogP contribution in [0.5, 0.6) is 0 Å². The van der Waals surface area contributed by atoms with Gasteiger partial charge in [-0.3, -0.25) is 4.79 Å². The molecule has 32 heavy (non-hydrogen) atoms. The number of thioether (sulfide) groups is 1. The summed E-state index contributed by atoms with van der Waals surface area (Å²) in [6, 6.07) is 21.7. The molecule has 0 saturated heterocycles. The number of aromatic nitrogens is 1. The summed E-state index contributed by atoms with van der Waals surface area (Å²) in [6.07, 6.45) is 0.